The molecule has 0 saturated heterocycles. The minimum Gasteiger partial charge on any atom is -0.358 e. The van der Waals surface area contributed by atoms with Crippen LogP contribution in [0.15, 0.2) is 46.9 Å². The van der Waals surface area contributed by atoms with Crippen LogP contribution in [-0.4, -0.2) is 15.8 Å². The van der Waals surface area contributed by atoms with Gasteiger partial charge in [0.05, 0.1) is 11.0 Å². The molecule has 3 rings (SSSR count). The number of hydrogen-bond donors (Lipinski definition) is 3. The molecule has 0 spiro atoms. The van der Waals surface area contributed by atoms with Gasteiger partial charge in [-0.3, -0.25) is 4.79 Å². The second kappa shape index (κ2) is 4.85. The Hall–Kier alpha value is -2.56. The Labute approximate surface area is 115 Å². The molecule has 0 aliphatic heterocycles. The van der Waals surface area contributed by atoms with Crippen LogP contribution in [0.2, 0.25) is 0 Å². The van der Waals surface area contributed by atoms with Crippen LogP contribution in [0.5, 0.6) is 0 Å². The normalized spacial score (nSPS) is 15.7. The van der Waals surface area contributed by atoms with Gasteiger partial charge in [0, 0.05) is 23.4 Å². The summed E-state index contributed by atoms with van der Waals surface area (Å²) in [7, 11) is 0. The molecule has 0 atom stereocenters. The number of nitrogens with one attached hydrogen (secondary N) is 3. The zero-order valence-corrected chi connectivity index (χ0v) is 11.0. The van der Waals surface area contributed by atoms with E-state index in [-0.39, 0.29) is 11.5 Å². The summed E-state index contributed by atoms with van der Waals surface area (Å²) < 4.78 is 0. The van der Waals surface area contributed by atoms with Crippen molar-refractivity contribution in [3.05, 3.63) is 52.6 Å². The number of allylic oxidation sites excluding steroid dienone is 3. The van der Waals surface area contributed by atoms with E-state index in [0.717, 1.165) is 35.3 Å². The molecular formula is C15H15N3O2. The number of H-pyrrole nitrogens is 2. The van der Waals surface area contributed by atoms with Crippen LogP contribution in [-0.2, 0) is 4.79 Å². The lowest BCUT2D eigenvalue weighted by molar-refractivity contribution is -0.115. The number of Topliss-reactive ketones (excluding diaryl/α,β-unsaturated/α-hetero) is 1. The number of carbonyl (C=O) groups excluding carboxylic acids is 1. The van der Waals surface area contributed by atoms with Gasteiger partial charge in [-0.05, 0) is 31.0 Å². The lowest BCUT2D eigenvalue weighted by atomic mass is 9.95. The minimum absolute atomic E-state index is 0.130. The van der Waals surface area contributed by atoms with E-state index in [1.165, 1.54) is 0 Å². The van der Waals surface area contributed by atoms with E-state index in [2.05, 4.69) is 21.9 Å². The number of rotatable bonds is 3. The monoisotopic (exact) mass is 269 g/mol. The van der Waals surface area contributed by atoms with E-state index in [0.29, 0.717) is 12.0 Å². The Morgan fingerprint density at radius 3 is 2.75 bits per heavy atom. The molecule has 5 nitrogen and oxygen atoms in total. The highest BCUT2D eigenvalue weighted by molar-refractivity contribution is 6.00. The number of ketones is 1. The molecule has 3 N–H and O–H groups in total. The molecule has 0 bridgehead atoms. The fraction of sp³-hybridized carbons (Fsp3) is 0.200. The third-order valence-electron chi connectivity index (χ3n) is 3.47. The van der Waals surface area contributed by atoms with Crippen LogP contribution < -0.4 is 11.0 Å². The molecule has 1 aliphatic rings. The largest absolute Gasteiger partial charge is 0.358 e. The van der Waals surface area contributed by atoms with E-state index in [9.17, 15) is 9.59 Å². The smallest absolute Gasteiger partial charge is 0.323 e. The van der Waals surface area contributed by atoms with Gasteiger partial charge in [-0.25, -0.2) is 4.79 Å². The van der Waals surface area contributed by atoms with Crippen molar-refractivity contribution in [2.75, 3.05) is 5.32 Å². The molecule has 2 aromatic rings. The van der Waals surface area contributed by atoms with Crippen molar-refractivity contribution in [3.8, 4) is 0 Å². The van der Waals surface area contributed by atoms with Crippen molar-refractivity contribution in [1.29, 1.82) is 0 Å². The molecular weight excluding hydrogens is 254 g/mol. The van der Waals surface area contributed by atoms with Crippen molar-refractivity contribution in [1.82, 2.24) is 9.97 Å². The van der Waals surface area contributed by atoms with Crippen molar-refractivity contribution < 1.29 is 4.79 Å². The molecule has 5 heteroatoms. The van der Waals surface area contributed by atoms with Crippen LogP contribution in [0.4, 0.5) is 5.69 Å². The number of aromatic amines is 2. The number of imidazole rings is 1. The zero-order valence-electron chi connectivity index (χ0n) is 11.0. The summed E-state index contributed by atoms with van der Waals surface area (Å²) in [5.41, 5.74) is 3.68. The van der Waals surface area contributed by atoms with Crippen LogP contribution in [0, 0.1) is 0 Å². The predicted molar refractivity (Wildman–Crippen MR) is 78.6 cm³/mol. The maximum Gasteiger partial charge on any atom is 0.323 e. The fourth-order valence-corrected chi connectivity index (χ4v) is 2.51. The third-order valence-corrected chi connectivity index (χ3v) is 3.47. The Balaban J connectivity index is 1.97. The second-order valence-electron chi connectivity index (χ2n) is 4.84. The predicted octanol–water partition coefficient (Wildman–Crippen LogP) is 2.46. The number of hydrogen-bond acceptors (Lipinski definition) is 3. The second-order valence-corrected chi connectivity index (χ2v) is 4.84. The molecule has 1 aliphatic carbocycles. The number of aromatic nitrogens is 2. The molecule has 102 valence electrons. The van der Waals surface area contributed by atoms with E-state index in [1.807, 2.05) is 18.2 Å². The van der Waals surface area contributed by atoms with Gasteiger partial charge < -0.3 is 15.3 Å². The van der Waals surface area contributed by atoms with E-state index >= 15 is 0 Å². The van der Waals surface area contributed by atoms with Gasteiger partial charge in [-0.2, -0.15) is 0 Å². The first-order valence-electron chi connectivity index (χ1n) is 6.55. The topological polar surface area (TPSA) is 77.8 Å². The summed E-state index contributed by atoms with van der Waals surface area (Å²) >= 11 is 0. The van der Waals surface area contributed by atoms with Crippen LogP contribution >= 0.6 is 0 Å². The Kier molecular flexibility index (Phi) is 3.02. The molecule has 20 heavy (non-hydrogen) atoms. The van der Waals surface area contributed by atoms with E-state index < -0.39 is 0 Å². The molecule has 0 unspecified atom stereocenters. The fourth-order valence-electron chi connectivity index (χ4n) is 2.51. The van der Waals surface area contributed by atoms with Gasteiger partial charge >= 0.3 is 5.69 Å². The molecule has 1 aromatic heterocycles. The zero-order chi connectivity index (χ0) is 14.1. The van der Waals surface area contributed by atoms with Gasteiger partial charge in [-0.15, -0.1) is 0 Å². The molecule has 1 heterocycles. The highest BCUT2D eigenvalue weighted by Gasteiger charge is 2.18. The quantitative estimate of drug-likeness (QED) is 0.801. The third kappa shape index (κ3) is 2.18. The summed E-state index contributed by atoms with van der Waals surface area (Å²) in [4.78, 5) is 28.5. The molecule has 0 amide bonds. The Morgan fingerprint density at radius 2 is 1.95 bits per heavy atom. The first-order valence-corrected chi connectivity index (χ1v) is 6.55. The number of fused-ring (bicyclic) bond motifs is 1. The standard InChI is InChI=1S/C15H15N3O2/c1-2-10-11(4-3-5-14(10)19)16-9-6-7-12-13(8-9)18-15(20)17-12/h2,6-8,16H,1,3-5H2,(H2,17,18,20). The van der Waals surface area contributed by atoms with E-state index in [1.54, 1.807) is 6.08 Å². The Bertz CT molecular complexity index is 780. The maximum atomic E-state index is 11.8. The summed E-state index contributed by atoms with van der Waals surface area (Å²) in [6.45, 7) is 3.71. The van der Waals surface area contributed by atoms with Gasteiger partial charge in [0.2, 0.25) is 0 Å². The Morgan fingerprint density at radius 1 is 1.15 bits per heavy atom. The van der Waals surface area contributed by atoms with Crippen LogP contribution in [0.25, 0.3) is 11.0 Å². The van der Waals surface area contributed by atoms with Crippen molar-refractivity contribution in [2.45, 2.75) is 19.3 Å². The molecule has 0 radical (unpaired) electrons. The molecule has 0 saturated carbocycles. The summed E-state index contributed by atoms with van der Waals surface area (Å²) in [6.07, 6.45) is 3.87. The van der Waals surface area contributed by atoms with Crippen LogP contribution in [0.1, 0.15) is 19.3 Å². The number of carbonyl (C=O) groups is 1. The van der Waals surface area contributed by atoms with Gasteiger partial charge in [0.25, 0.3) is 0 Å². The lowest BCUT2D eigenvalue weighted by Crippen LogP contribution is -2.15. The van der Waals surface area contributed by atoms with Crippen molar-refractivity contribution >= 4 is 22.5 Å². The average molecular weight is 269 g/mol. The first-order chi connectivity index (χ1) is 9.67. The van der Waals surface area contributed by atoms with Crippen molar-refractivity contribution in [3.63, 3.8) is 0 Å². The summed E-state index contributed by atoms with van der Waals surface area (Å²) in [6, 6.07) is 5.55. The average Bonchev–Trinajstić information content (AvgIpc) is 2.78. The van der Waals surface area contributed by atoms with Gasteiger partial charge in [-0.1, -0.05) is 12.7 Å². The number of benzene rings is 1. The molecule has 0 fully saturated rings. The van der Waals surface area contributed by atoms with Gasteiger partial charge in [0.15, 0.2) is 5.78 Å². The highest BCUT2D eigenvalue weighted by atomic mass is 16.1. The lowest BCUT2D eigenvalue weighted by Gasteiger charge is -2.18. The van der Waals surface area contributed by atoms with Gasteiger partial charge in [0.1, 0.15) is 0 Å². The van der Waals surface area contributed by atoms with Crippen LogP contribution in [0.3, 0.4) is 0 Å². The SMILES string of the molecule is C=CC1=C(Nc2ccc3[nH]c(=O)[nH]c3c2)CCCC1=O. The van der Waals surface area contributed by atoms with Crippen molar-refractivity contribution in [2.24, 2.45) is 0 Å². The molecule has 1 aromatic carbocycles. The number of anilines is 1. The minimum atomic E-state index is -0.226. The van der Waals surface area contributed by atoms with E-state index in [4.69, 9.17) is 0 Å². The maximum absolute atomic E-state index is 11.8. The summed E-state index contributed by atoms with van der Waals surface area (Å²) in [5.74, 6) is 0.130. The first kappa shape index (κ1) is 12.5. The highest BCUT2D eigenvalue weighted by Crippen LogP contribution is 2.25. The summed E-state index contributed by atoms with van der Waals surface area (Å²) in [5, 5.41) is 3.27.